The standard InChI is InChI=1S/C18H21FN2O5/c1-11-2-3-15(14(19)6-11)21-9-12(7-16(21)22)18(25)20-4-5-26-13(10-20)8-17(23)24/h2-3,6,12-13H,4-5,7-10H2,1H3,(H,23,24)/t12-,13-/m1/s1. The fraction of sp³-hybridized carbons (Fsp3) is 0.500. The summed E-state index contributed by atoms with van der Waals surface area (Å²) in [6.45, 7) is 2.70. The smallest absolute Gasteiger partial charge is 0.306 e. The monoisotopic (exact) mass is 364 g/mol. The van der Waals surface area contributed by atoms with Crippen molar-refractivity contribution in [3.05, 3.63) is 29.6 Å². The molecule has 0 unspecified atom stereocenters. The molecule has 0 aromatic heterocycles. The zero-order chi connectivity index (χ0) is 18.8. The van der Waals surface area contributed by atoms with Gasteiger partial charge >= 0.3 is 5.97 Å². The maximum absolute atomic E-state index is 14.2. The predicted molar refractivity (Wildman–Crippen MR) is 90.2 cm³/mol. The van der Waals surface area contributed by atoms with Crippen molar-refractivity contribution in [2.75, 3.05) is 31.1 Å². The lowest BCUT2D eigenvalue weighted by Gasteiger charge is -2.33. The Hall–Kier alpha value is -2.48. The number of rotatable bonds is 4. The molecule has 7 nitrogen and oxygen atoms in total. The average Bonchev–Trinajstić information content (AvgIpc) is 2.95. The van der Waals surface area contributed by atoms with Gasteiger partial charge in [0.15, 0.2) is 0 Å². The highest BCUT2D eigenvalue weighted by Crippen LogP contribution is 2.29. The van der Waals surface area contributed by atoms with Gasteiger partial charge < -0.3 is 19.6 Å². The Labute approximate surface area is 150 Å². The van der Waals surface area contributed by atoms with Gasteiger partial charge in [0.05, 0.1) is 30.7 Å². The molecule has 2 aliphatic heterocycles. The second-order valence-electron chi connectivity index (χ2n) is 6.74. The average molecular weight is 364 g/mol. The van der Waals surface area contributed by atoms with Crippen molar-refractivity contribution in [2.24, 2.45) is 5.92 Å². The number of hydrogen-bond acceptors (Lipinski definition) is 4. The first-order valence-electron chi connectivity index (χ1n) is 8.54. The van der Waals surface area contributed by atoms with E-state index < -0.39 is 23.8 Å². The molecule has 1 aromatic carbocycles. The molecule has 0 saturated carbocycles. The molecular formula is C18H21FN2O5. The Morgan fingerprint density at radius 3 is 2.81 bits per heavy atom. The Kier molecular flexibility index (Phi) is 5.22. The van der Waals surface area contributed by atoms with Crippen LogP contribution in [0.2, 0.25) is 0 Å². The van der Waals surface area contributed by atoms with Crippen molar-refractivity contribution in [1.82, 2.24) is 4.90 Å². The van der Waals surface area contributed by atoms with Crippen LogP contribution in [0.3, 0.4) is 0 Å². The van der Waals surface area contributed by atoms with Crippen LogP contribution in [0.5, 0.6) is 0 Å². The maximum Gasteiger partial charge on any atom is 0.306 e. The number of morpholine rings is 1. The molecule has 2 atom stereocenters. The number of nitrogens with zero attached hydrogens (tertiary/aromatic N) is 2. The number of anilines is 1. The van der Waals surface area contributed by atoms with E-state index in [4.69, 9.17) is 9.84 Å². The van der Waals surface area contributed by atoms with Crippen molar-refractivity contribution in [3.63, 3.8) is 0 Å². The van der Waals surface area contributed by atoms with E-state index in [9.17, 15) is 18.8 Å². The van der Waals surface area contributed by atoms with Crippen LogP contribution >= 0.6 is 0 Å². The molecule has 1 N–H and O–H groups in total. The minimum absolute atomic E-state index is 0.0209. The number of aryl methyl sites for hydroxylation is 1. The molecule has 2 aliphatic rings. The molecule has 26 heavy (non-hydrogen) atoms. The predicted octanol–water partition coefficient (Wildman–Crippen LogP) is 1.19. The van der Waals surface area contributed by atoms with Gasteiger partial charge in [-0.1, -0.05) is 6.07 Å². The Morgan fingerprint density at radius 1 is 1.35 bits per heavy atom. The Bertz CT molecular complexity index is 738. The summed E-state index contributed by atoms with van der Waals surface area (Å²) in [5.74, 6) is -2.54. The second-order valence-corrected chi connectivity index (χ2v) is 6.74. The molecule has 3 rings (SSSR count). The summed E-state index contributed by atoms with van der Waals surface area (Å²) >= 11 is 0. The number of carbonyl (C=O) groups is 3. The highest BCUT2D eigenvalue weighted by atomic mass is 19.1. The van der Waals surface area contributed by atoms with Gasteiger partial charge in [-0.05, 0) is 24.6 Å². The van der Waals surface area contributed by atoms with Crippen molar-refractivity contribution in [3.8, 4) is 0 Å². The first kappa shape index (κ1) is 18.3. The van der Waals surface area contributed by atoms with Crippen LogP contribution in [0, 0.1) is 18.7 Å². The molecule has 0 radical (unpaired) electrons. The summed E-state index contributed by atoms with van der Waals surface area (Å²) in [5, 5.41) is 8.87. The van der Waals surface area contributed by atoms with E-state index in [1.807, 2.05) is 0 Å². The third-order valence-electron chi connectivity index (χ3n) is 4.72. The number of carboxylic acids is 1. The number of hydrogen-bond donors (Lipinski definition) is 1. The number of aliphatic carboxylic acids is 1. The van der Waals surface area contributed by atoms with Crippen molar-refractivity contribution in [2.45, 2.75) is 25.9 Å². The molecule has 2 amide bonds. The number of halogens is 1. The van der Waals surface area contributed by atoms with Gasteiger partial charge in [-0.3, -0.25) is 14.4 Å². The van der Waals surface area contributed by atoms with Crippen molar-refractivity contribution < 1.29 is 28.6 Å². The largest absolute Gasteiger partial charge is 0.481 e. The minimum atomic E-state index is -0.985. The fourth-order valence-corrected chi connectivity index (χ4v) is 3.43. The summed E-state index contributed by atoms with van der Waals surface area (Å²) < 4.78 is 19.5. The van der Waals surface area contributed by atoms with Crippen LogP contribution in [-0.2, 0) is 19.1 Å². The van der Waals surface area contributed by atoms with Gasteiger partial charge in [0.2, 0.25) is 11.8 Å². The van der Waals surface area contributed by atoms with Gasteiger partial charge in [0, 0.05) is 26.1 Å². The van der Waals surface area contributed by atoms with Gasteiger partial charge in [-0.2, -0.15) is 0 Å². The Morgan fingerprint density at radius 2 is 2.12 bits per heavy atom. The van der Waals surface area contributed by atoms with E-state index in [-0.39, 0.29) is 50.0 Å². The highest BCUT2D eigenvalue weighted by molar-refractivity contribution is 6.00. The SMILES string of the molecule is Cc1ccc(N2C[C@H](C(=O)N3CCO[C@H](CC(=O)O)C3)CC2=O)c(F)c1. The fourth-order valence-electron chi connectivity index (χ4n) is 3.43. The molecular weight excluding hydrogens is 343 g/mol. The number of benzene rings is 1. The number of carbonyl (C=O) groups excluding carboxylic acids is 2. The summed E-state index contributed by atoms with van der Waals surface area (Å²) in [6, 6.07) is 4.63. The molecule has 140 valence electrons. The summed E-state index contributed by atoms with van der Waals surface area (Å²) in [4.78, 5) is 38.7. The molecule has 0 aliphatic carbocycles. The lowest BCUT2D eigenvalue weighted by atomic mass is 10.1. The van der Waals surface area contributed by atoms with E-state index in [2.05, 4.69) is 0 Å². The van der Waals surface area contributed by atoms with Gasteiger partial charge in [-0.15, -0.1) is 0 Å². The molecule has 2 saturated heterocycles. The number of carboxylic acid groups (broad SMARTS) is 1. The molecule has 0 spiro atoms. The summed E-state index contributed by atoms with van der Waals surface area (Å²) in [5.41, 5.74) is 0.935. The quantitative estimate of drug-likeness (QED) is 0.867. The topological polar surface area (TPSA) is 87.2 Å². The van der Waals surface area contributed by atoms with E-state index in [0.29, 0.717) is 6.54 Å². The minimum Gasteiger partial charge on any atom is -0.481 e. The van der Waals surface area contributed by atoms with Crippen LogP contribution < -0.4 is 4.90 Å². The van der Waals surface area contributed by atoms with Crippen LogP contribution in [0.25, 0.3) is 0 Å². The van der Waals surface area contributed by atoms with Gasteiger partial charge in [0.25, 0.3) is 0 Å². The summed E-state index contributed by atoms with van der Waals surface area (Å²) in [7, 11) is 0. The molecule has 2 heterocycles. The first-order valence-corrected chi connectivity index (χ1v) is 8.54. The molecule has 0 bridgehead atoms. The van der Waals surface area contributed by atoms with E-state index in [1.165, 1.54) is 11.0 Å². The highest BCUT2D eigenvalue weighted by Gasteiger charge is 2.39. The van der Waals surface area contributed by atoms with Gasteiger partial charge in [-0.25, -0.2) is 4.39 Å². The van der Waals surface area contributed by atoms with E-state index >= 15 is 0 Å². The third-order valence-corrected chi connectivity index (χ3v) is 4.72. The molecule has 1 aromatic rings. The summed E-state index contributed by atoms with van der Waals surface area (Å²) in [6.07, 6.45) is -0.700. The number of amides is 2. The Balaban J connectivity index is 1.68. The zero-order valence-electron chi connectivity index (χ0n) is 14.5. The first-order chi connectivity index (χ1) is 12.3. The van der Waals surface area contributed by atoms with Crippen molar-refractivity contribution in [1.29, 1.82) is 0 Å². The maximum atomic E-state index is 14.2. The van der Waals surface area contributed by atoms with Crippen LogP contribution in [0.4, 0.5) is 10.1 Å². The van der Waals surface area contributed by atoms with Crippen LogP contribution in [0.1, 0.15) is 18.4 Å². The van der Waals surface area contributed by atoms with Crippen LogP contribution in [0.15, 0.2) is 18.2 Å². The van der Waals surface area contributed by atoms with Crippen molar-refractivity contribution >= 4 is 23.5 Å². The van der Waals surface area contributed by atoms with E-state index in [1.54, 1.807) is 24.0 Å². The van der Waals surface area contributed by atoms with E-state index in [0.717, 1.165) is 5.56 Å². The van der Waals surface area contributed by atoms with Gasteiger partial charge in [0.1, 0.15) is 5.82 Å². The zero-order valence-corrected chi connectivity index (χ0v) is 14.5. The van der Waals surface area contributed by atoms with Crippen LogP contribution in [-0.4, -0.2) is 60.1 Å². The second kappa shape index (κ2) is 7.41. The number of ether oxygens (including phenoxy) is 1. The lowest BCUT2D eigenvalue weighted by Crippen LogP contribution is -2.48. The lowest BCUT2D eigenvalue weighted by molar-refractivity contribution is -0.149. The normalized spacial score (nSPS) is 23.4. The molecule has 2 fully saturated rings. The molecule has 8 heteroatoms. The third kappa shape index (κ3) is 3.85.